The molecule has 1 aliphatic rings. The Morgan fingerprint density at radius 3 is 2.90 bits per heavy atom. The zero-order valence-electron chi connectivity index (χ0n) is 6.02. The number of carbonyl (C=O) groups excluding carboxylic acids is 2. The number of amides is 1. The van der Waals surface area contributed by atoms with Gasteiger partial charge in [0.25, 0.3) is 0 Å². The van der Waals surface area contributed by atoms with Crippen LogP contribution in [0, 0.1) is 0 Å². The Labute approximate surface area is 59.8 Å². The fourth-order valence-corrected chi connectivity index (χ4v) is 1.10. The number of hydrogen-bond acceptors (Lipinski definition) is 2. The van der Waals surface area contributed by atoms with Crippen molar-refractivity contribution in [3.8, 4) is 0 Å². The predicted octanol–water partition coefficient (Wildman–Crippen LogP) is 0.244. The third kappa shape index (κ3) is 1.35. The van der Waals surface area contributed by atoms with Gasteiger partial charge in [0.05, 0.1) is 6.04 Å². The molecule has 0 aromatic rings. The quantitative estimate of drug-likeness (QED) is 0.599. The zero-order chi connectivity index (χ0) is 7.56. The van der Waals surface area contributed by atoms with E-state index in [1.165, 1.54) is 0 Å². The van der Waals surface area contributed by atoms with Gasteiger partial charge in [0.2, 0.25) is 5.91 Å². The second-order valence-corrected chi connectivity index (χ2v) is 2.48. The third-order valence-electron chi connectivity index (χ3n) is 1.73. The van der Waals surface area contributed by atoms with Crippen molar-refractivity contribution in [2.24, 2.45) is 0 Å². The van der Waals surface area contributed by atoms with E-state index in [0.29, 0.717) is 19.3 Å². The van der Waals surface area contributed by atoms with E-state index in [4.69, 9.17) is 0 Å². The molecule has 0 radical (unpaired) electrons. The second kappa shape index (κ2) is 2.82. The molecule has 3 nitrogen and oxygen atoms in total. The van der Waals surface area contributed by atoms with E-state index in [1.54, 1.807) is 0 Å². The van der Waals surface area contributed by atoms with Crippen LogP contribution >= 0.6 is 0 Å². The summed E-state index contributed by atoms with van der Waals surface area (Å²) in [4.78, 5) is 21.6. The molecule has 56 valence electrons. The Hall–Kier alpha value is -0.860. The maximum Gasteiger partial charge on any atom is 0.220 e. The minimum Gasteiger partial charge on any atom is -0.346 e. The fourth-order valence-electron chi connectivity index (χ4n) is 1.10. The van der Waals surface area contributed by atoms with Crippen LogP contribution < -0.4 is 5.32 Å². The van der Waals surface area contributed by atoms with Crippen LogP contribution in [-0.4, -0.2) is 17.7 Å². The molecule has 0 aromatic heterocycles. The fraction of sp³-hybridized carbons (Fsp3) is 0.714. The Balaban J connectivity index is 2.44. The Bertz CT molecular complexity index is 165. The first-order valence-electron chi connectivity index (χ1n) is 3.56. The molecule has 0 unspecified atom stereocenters. The van der Waals surface area contributed by atoms with Crippen LogP contribution in [0.4, 0.5) is 0 Å². The van der Waals surface area contributed by atoms with Gasteiger partial charge in [-0.1, -0.05) is 6.92 Å². The lowest BCUT2D eigenvalue weighted by molar-refractivity contribution is -0.124. The summed E-state index contributed by atoms with van der Waals surface area (Å²) in [5, 5.41) is 2.62. The first kappa shape index (κ1) is 7.25. The molecule has 1 saturated heterocycles. The molecule has 0 aliphatic carbocycles. The standard InChI is InChI=1S/C7H11NO2/c1-2-6(9)5-3-4-7(10)8-5/h5H,2-4H2,1H3,(H,8,10)/t5-/m1/s1. The SMILES string of the molecule is CCC(=O)[C@H]1CCC(=O)N1. The van der Waals surface area contributed by atoms with E-state index in [-0.39, 0.29) is 17.7 Å². The average Bonchev–Trinajstić information content (AvgIpc) is 2.34. The average molecular weight is 141 g/mol. The summed E-state index contributed by atoms with van der Waals surface area (Å²) in [5.41, 5.74) is 0. The minimum atomic E-state index is -0.183. The van der Waals surface area contributed by atoms with Gasteiger partial charge in [-0.3, -0.25) is 9.59 Å². The van der Waals surface area contributed by atoms with E-state index >= 15 is 0 Å². The summed E-state index contributed by atoms with van der Waals surface area (Å²) in [7, 11) is 0. The van der Waals surface area contributed by atoms with E-state index in [9.17, 15) is 9.59 Å². The summed E-state index contributed by atoms with van der Waals surface area (Å²) in [6, 6.07) is -0.183. The van der Waals surface area contributed by atoms with Crippen molar-refractivity contribution >= 4 is 11.7 Å². The van der Waals surface area contributed by atoms with Gasteiger partial charge >= 0.3 is 0 Å². The Kier molecular flexibility index (Phi) is 2.04. The van der Waals surface area contributed by atoms with Crippen molar-refractivity contribution < 1.29 is 9.59 Å². The number of nitrogens with one attached hydrogen (secondary N) is 1. The molecule has 1 N–H and O–H groups in total. The van der Waals surface area contributed by atoms with Crippen LogP contribution in [-0.2, 0) is 9.59 Å². The van der Waals surface area contributed by atoms with E-state index < -0.39 is 0 Å². The first-order valence-corrected chi connectivity index (χ1v) is 3.56. The molecule has 0 bridgehead atoms. The number of ketones is 1. The monoisotopic (exact) mass is 141 g/mol. The molecule has 1 fully saturated rings. The Morgan fingerprint density at radius 2 is 2.50 bits per heavy atom. The van der Waals surface area contributed by atoms with Crippen LogP contribution in [0.25, 0.3) is 0 Å². The van der Waals surface area contributed by atoms with Crippen LogP contribution in [0.3, 0.4) is 0 Å². The number of rotatable bonds is 2. The van der Waals surface area contributed by atoms with E-state index in [0.717, 1.165) is 0 Å². The van der Waals surface area contributed by atoms with Crippen LogP contribution in [0.2, 0.25) is 0 Å². The highest BCUT2D eigenvalue weighted by atomic mass is 16.2. The molecule has 0 spiro atoms. The van der Waals surface area contributed by atoms with Gasteiger partial charge in [0.1, 0.15) is 0 Å². The van der Waals surface area contributed by atoms with Gasteiger partial charge in [-0.25, -0.2) is 0 Å². The lowest BCUT2D eigenvalue weighted by Crippen LogP contribution is -2.32. The van der Waals surface area contributed by atoms with Gasteiger partial charge in [-0.05, 0) is 6.42 Å². The second-order valence-electron chi connectivity index (χ2n) is 2.48. The third-order valence-corrected chi connectivity index (χ3v) is 1.73. The molecule has 10 heavy (non-hydrogen) atoms. The number of carbonyl (C=O) groups is 2. The van der Waals surface area contributed by atoms with Crippen LogP contribution in [0.5, 0.6) is 0 Å². The van der Waals surface area contributed by atoms with E-state index in [1.807, 2.05) is 6.92 Å². The molecule has 0 saturated carbocycles. The van der Waals surface area contributed by atoms with Crippen LogP contribution in [0.15, 0.2) is 0 Å². The number of hydrogen-bond donors (Lipinski definition) is 1. The maximum absolute atomic E-state index is 10.9. The zero-order valence-corrected chi connectivity index (χ0v) is 6.02. The highest BCUT2D eigenvalue weighted by Gasteiger charge is 2.25. The summed E-state index contributed by atoms with van der Waals surface area (Å²) >= 11 is 0. The number of Topliss-reactive ketones (excluding diaryl/α,β-unsaturated/α-hetero) is 1. The van der Waals surface area contributed by atoms with Gasteiger partial charge in [-0.2, -0.15) is 0 Å². The largest absolute Gasteiger partial charge is 0.346 e. The maximum atomic E-state index is 10.9. The van der Waals surface area contributed by atoms with Crippen molar-refractivity contribution in [2.75, 3.05) is 0 Å². The molecule has 1 atom stereocenters. The van der Waals surface area contributed by atoms with Crippen molar-refractivity contribution in [3.63, 3.8) is 0 Å². The molecular weight excluding hydrogens is 130 g/mol. The van der Waals surface area contributed by atoms with E-state index in [2.05, 4.69) is 5.32 Å². The van der Waals surface area contributed by atoms with Gasteiger partial charge in [0, 0.05) is 12.8 Å². The van der Waals surface area contributed by atoms with Gasteiger partial charge in [-0.15, -0.1) is 0 Å². The normalized spacial score (nSPS) is 24.5. The molecule has 1 aliphatic heterocycles. The summed E-state index contributed by atoms with van der Waals surface area (Å²) in [6.07, 6.45) is 1.72. The lowest BCUT2D eigenvalue weighted by Gasteiger charge is -2.04. The highest BCUT2D eigenvalue weighted by Crippen LogP contribution is 2.08. The Morgan fingerprint density at radius 1 is 1.80 bits per heavy atom. The van der Waals surface area contributed by atoms with Crippen molar-refractivity contribution in [1.82, 2.24) is 5.32 Å². The first-order chi connectivity index (χ1) is 4.74. The summed E-state index contributed by atoms with van der Waals surface area (Å²) in [6.45, 7) is 1.81. The molecule has 1 rings (SSSR count). The molecule has 0 aromatic carbocycles. The van der Waals surface area contributed by atoms with Crippen molar-refractivity contribution in [3.05, 3.63) is 0 Å². The minimum absolute atomic E-state index is 0.00630. The lowest BCUT2D eigenvalue weighted by atomic mass is 10.1. The molecule has 3 heteroatoms. The van der Waals surface area contributed by atoms with Gasteiger partial charge in [0.15, 0.2) is 5.78 Å². The smallest absolute Gasteiger partial charge is 0.220 e. The molecule has 1 amide bonds. The molecule has 1 heterocycles. The summed E-state index contributed by atoms with van der Waals surface area (Å²) < 4.78 is 0. The highest BCUT2D eigenvalue weighted by molar-refractivity contribution is 5.91. The van der Waals surface area contributed by atoms with Crippen LogP contribution in [0.1, 0.15) is 26.2 Å². The topological polar surface area (TPSA) is 46.2 Å². The van der Waals surface area contributed by atoms with Crippen molar-refractivity contribution in [1.29, 1.82) is 0 Å². The van der Waals surface area contributed by atoms with Crippen molar-refractivity contribution in [2.45, 2.75) is 32.2 Å². The predicted molar refractivity (Wildman–Crippen MR) is 36.5 cm³/mol. The molecular formula is C7H11NO2. The summed E-state index contributed by atoms with van der Waals surface area (Å²) in [5.74, 6) is 0.151. The van der Waals surface area contributed by atoms with Gasteiger partial charge < -0.3 is 5.32 Å².